The number of furan rings is 3. The van der Waals surface area contributed by atoms with E-state index >= 15 is 0 Å². The maximum Gasteiger partial charge on any atom is 0.143 e. The van der Waals surface area contributed by atoms with Crippen LogP contribution in [0.3, 0.4) is 0 Å². The summed E-state index contributed by atoms with van der Waals surface area (Å²) in [6, 6.07) is 85.8. The van der Waals surface area contributed by atoms with Crippen molar-refractivity contribution in [1.82, 2.24) is 0 Å². The van der Waals surface area contributed by atoms with Crippen molar-refractivity contribution in [3.63, 3.8) is 0 Å². The second-order valence-electron chi connectivity index (χ2n) is 31.0. The molecule has 0 fully saturated rings. The number of hydrogen-bond acceptors (Lipinski definition) is 3. The Morgan fingerprint density at radius 3 is 0.823 bits per heavy atom. The first kappa shape index (κ1) is 51.3. The predicted molar refractivity (Wildman–Crippen MR) is 527 cm³/mol. The van der Waals surface area contributed by atoms with Gasteiger partial charge in [0.1, 0.15) is 33.5 Å². The van der Waals surface area contributed by atoms with Crippen molar-refractivity contribution >= 4 is 163 Å². The molecule has 124 heavy (non-hydrogen) atoms. The van der Waals surface area contributed by atoms with Crippen molar-refractivity contribution in [2.75, 3.05) is 0 Å². The van der Waals surface area contributed by atoms with E-state index < -0.39 is 72.5 Å². The predicted octanol–water partition coefficient (Wildman–Crippen LogP) is 34.8. The number of aryl methyl sites for hydroxylation is 1. The molecular weight excluding hydrogens is 1500 g/mol. The van der Waals surface area contributed by atoms with Crippen molar-refractivity contribution < 1.29 is 46.1 Å². The third-order valence-electron chi connectivity index (χ3n) is 23.9. The van der Waals surface area contributed by atoms with Gasteiger partial charge in [0.05, 0.1) is 32.9 Å². The third-order valence-corrected chi connectivity index (χ3v) is 23.9. The molecule has 23 aromatic carbocycles. The van der Waals surface area contributed by atoms with Crippen LogP contribution >= 0.6 is 0 Å². The fourth-order valence-electron chi connectivity index (χ4n) is 18.3. The zero-order chi connectivity index (χ0) is 103. The Kier molecular flexibility index (Phi) is 12.3. The molecule has 0 saturated heterocycles. The molecule has 0 radical (unpaired) electrons. The van der Waals surface area contributed by atoms with Crippen molar-refractivity contribution in [3.8, 4) is 89.0 Å². The van der Waals surface area contributed by atoms with E-state index in [9.17, 15) is 11.0 Å². The van der Waals surface area contributed by atoms with Gasteiger partial charge < -0.3 is 13.3 Å². The van der Waals surface area contributed by atoms with Crippen LogP contribution in [0.15, 0.2) is 456 Å². The maximum absolute atomic E-state index is 9.34. The molecule has 0 saturated carbocycles. The Morgan fingerprint density at radius 2 is 0.435 bits per heavy atom. The molecule has 3 nitrogen and oxygen atoms in total. The van der Waals surface area contributed by atoms with E-state index in [1.807, 2.05) is 195 Å². The molecule has 26 aromatic rings. The zero-order valence-corrected chi connectivity index (χ0v) is 66.0. The number of rotatable bonds is 8. The van der Waals surface area contributed by atoms with Crippen LogP contribution in [0.4, 0.5) is 0 Å². The summed E-state index contributed by atoms with van der Waals surface area (Å²) < 4.78 is 234. The molecule has 26 rings (SSSR count). The summed E-state index contributed by atoms with van der Waals surface area (Å²) in [6.07, 6.45) is 0. The fraction of sp³-hybridized carbons (Fsp3) is 0.00826. The minimum atomic E-state index is -0.433. The second-order valence-corrected chi connectivity index (χ2v) is 31.0. The summed E-state index contributed by atoms with van der Waals surface area (Å²) in [6.45, 7) is 1.90. The zero-order valence-electron chi connectivity index (χ0n) is 90.0. The number of hydrogen-bond donors (Lipinski definition) is 0. The average molecular weight is 1600 g/mol. The van der Waals surface area contributed by atoms with Gasteiger partial charge in [0.15, 0.2) is 0 Å². The normalized spacial score (nSPS) is 14.5. The van der Waals surface area contributed by atoms with Gasteiger partial charge in [-0.05, 0) is 272 Å². The number of fused-ring (bicyclic) bond motifs is 18. The first-order valence-corrected chi connectivity index (χ1v) is 40.7. The van der Waals surface area contributed by atoms with Crippen molar-refractivity contribution in [2.45, 2.75) is 6.92 Å². The highest BCUT2D eigenvalue weighted by atomic mass is 16.3. The van der Waals surface area contributed by atoms with Crippen LogP contribution in [0.2, 0.25) is 0 Å². The van der Waals surface area contributed by atoms with Crippen LogP contribution in [0.25, 0.3) is 252 Å². The molecule has 0 unspecified atom stereocenters. The Balaban J connectivity index is 0.000000119. The lowest BCUT2D eigenvalue weighted by molar-refractivity contribution is 0.666. The van der Waals surface area contributed by atoms with Gasteiger partial charge in [-0.15, -0.1) is 0 Å². The van der Waals surface area contributed by atoms with Gasteiger partial charge in [-0.3, -0.25) is 0 Å². The van der Waals surface area contributed by atoms with Crippen molar-refractivity contribution in [1.29, 1.82) is 0 Å². The molecule has 0 amide bonds. The first-order chi connectivity index (χ1) is 71.4. The molecule has 0 N–H and O–H groups in total. The van der Waals surface area contributed by atoms with Crippen LogP contribution in [0, 0.1) is 6.92 Å². The van der Waals surface area contributed by atoms with E-state index in [2.05, 4.69) is 36.4 Å². The number of benzene rings is 23. The summed E-state index contributed by atoms with van der Waals surface area (Å²) in [7, 11) is 0. The van der Waals surface area contributed by atoms with Crippen LogP contribution < -0.4 is 0 Å². The molecular formula is C121H76O3. The molecule has 0 spiro atoms. The SMILES string of the molecule is [2H]c1c([2H])c([2H])c2c(-c3cc(-c4ccccc4)c4oc5cc6ccccc6cc5c4c3)c3c([2H])c([2H])c([2H])c([2H])c3c(-c3ccccc3)c2c1[2H].[2H]c1c([2H])c([2H])c2c(-c3cc(C)c4oc5cc6ccccc6cc5c4c3)c3c([2H])c([2H])c([2H])c([2H])c3c(-c3ccccc3)c2c1[2H].[2H]c1c([2H])c([2H])c2c(-c3cccc(-c4ccc5oc6cc7ccccc7cc6c5c4)c3)c3c([2H])c([2H])c([2H])c([2H])c3c(-c3ccccc3)c2c1[2H]. The minimum absolute atomic E-state index is 0.175. The highest BCUT2D eigenvalue weighted by molar-refractivity contribution is 6.27. The van der Waals surface area contributed by atoms with Crippen LogP contribution in [0.1, 0.15) is 38.5 Å². The van der Waals surface area contributed by atoms with Crippen LogP contribution in [-0.4, -0.2) is 0 Å². The summed E-state index contributed by atoms with van der Waals surface area (Å²) in [4.78, 5) is 0. The topological polar surface area (TPSA) is 39.4 Å². The molecule has 0 aliphatic rings. The van der Waals surface area contributed by atoms with Crippen molar-refractivity contribution in [2.24, 2.45) is 0 Å². The monoisotopic (exact) mass is 1600 g/mol. The van der Waals surface area contributed by atoms with E-state index in [4.69, 9.17) is 35.2 Å². The van der Waals surface area contributed by atoms with E-state index in [1.165, 1.54) is 0 Å². The lowest BCUT2D eigenvalue weighted by Crippen LogP contribution is -1.91. The van der Waals surface area contributed by atoms with Gasteiger partial charge in [0.25, 0.3) is 0 Å². The highest BCUT2D eigenvalue weighted by Crippen LogP contribution is 2.51. The highest BCUT2D eigenvalue weighted by Gasteiger charge is 2.25. The molecule has 3 heterocycles. The van der Waals surface area contributed by atoms with Gasteiger partial charge in [-0.25, -0.2) is 0 Å². The molecule has 3 aromatic heterocycles. The van der Waals surface area contributed by atoms with Gasteiger partial charge in [0, 0.05) is 37.9 Å². The quantitative estimate of drug-likeness (QED) is 0.142. The maximum atomic E-state index is 9.34. The Labute approximate surface area is 749 Å². The molecule has 0 atom stereocenters. The van der Waals surface area contributed by atoms with E-state index in [-0.39, 0.29) is 137 Å². The van der Waals surface area contributed by atoms with E-state index in [1.54, 1.807) is 72.8 Å². The molecule has 0 aliphatic carbocycles. The average Bonchev–Trinajstić information content (AvgIpc) is 0.831. The molecule has 3 heteroatoms. The standard InChI is InChI=1S/2C42H26O.C37H24O/c1-3-13-27(14-4-1)36-24-31(25-38-37-23-29-17-7-8-18-30(29)26-39(37)43-42(36)38)41-34-21-11-9-19-32(34)40(28-15-5-2-6-16-28)33-20-10-12-22-35(33)41;1-2-11-27(12-3-1)41-33-17-6-8-19-35(33)42(36-20-9-7-18-34(36)41)32-16-10-15-28(23-32)31-21-22-39-37(25-31)38-24-29-13-4-5-14-30(29)26-40(38)43-39;1-23-19-27(21-33-32-20-25-13-5-6-14-26(25)22-34(32)38-37(23)33)36-30-17-9-7-15-28(30)35(24-11-3-2-4-12-24)29-16-8-10-18-31(29)36/h2*1-26H;2-22H,1H3/i9D,10D,11D,12D,19D,20D,21D,22D;6D,7D,8D,9D,17D,18D,19D,20D;7D,8D,9D,10D,15D,16D,17D,18D. The van der Waals surface area contributed by atoms with E-state index in [0.29, 0.717) is 89.1 Å². The fourth-order valence-corrected chi connectivity index (χ4v) is 18.3. The molecule has 0 bridgehead atoms. The summed E-state index contributed by atoms with van der Waals surface area (Å²) in [5, 5.41) is 13.8. The first-order valence-electron chi connectivity index (χ1n) is 52.7. The molecule has 0 aliphatic heterocycles. The largest absolute Gasteiger partial charge is 0.456 e. The lowest BCUT2D eigenvalue weighted by Gasteiger charge is -2.18. The van der Waals surface area contributed by atoms with Gasteiger partial charge in [0.2, 0.25) is 0 Å². The van der Waals surface area contributed by atoms with Crippen LogP contribution in [-0.2, 0) is 0 Å². The van der Waals surface area contributed by atoms with Gasteiger partial charge >= 0.3 is 0 Å². The smallest absolute Gasteiger partial charge is 0.143 e. The summed E-state index contributed by atoms with van der Waals surface area (Å²) in [5.41, 5.74) is 13.6. The lowest BCUT2D eigenvalue weighted by atomic mass is 9.85. The molecule has 578 valence electrons. The minimum Gasteiger partial charge on any atom is -0.456 e. The van der Waals surface area contributed by atoms with Gasteiger partial charge in [-0.1, -0.05) is 363 Å². The Morgan fingerprint density at radius 1 is 0.169 bits per heavy atom. The van der Waals surface area contributed by atoms with Gasteiger partial charge in [-0.2, -0.15) is 0 Å². The third kappa shape index (κ3) is 12.1. The summed E-state index contributed by atoms with van der Waals surface area (Å²) in [5.74, 6) is 0. The van der Waals surface area contributed by atoms with Crippen molar-refractivity contribution in [3.05, 3.63) is 448 Å². The van der Waals surface area contributed by atoms with E-state index in [0.717, 1.165) is 104 Å². The summed E-state index contributed by atoms with van der Waals surface area (Å²) >= 11 is 0. The Bertz CT molecular complexity index is 10100. The second kappa shape index (κ2) is 29.6. The van der Waals surface area contributed by atoms with Crippen LogP contribution in [0.5, 0.6) is 0 Å². The Hall–Kier alpha value is -16.2.